The van der Waals surface area contributed by atoms with E-state index in [4.69, 9.17) is 5.73 Å². The highest BCUT2D eigenvalue weighted by Crippen LogP contribution is 2.61. The zero-order valence-electron chi connectivity index (χ0n) is 8.55. The third kappa shape index (κ3) is 1.34. The summed E-state index contributed by atoms with van der Waals surface area (Å²) in [7, 11) is 1.42. The van der Waals surface area contributed by atoms with E-state index in [2.05, 4.69) is 5.10 Å². The third-order valence-electron chi connectivity index (χ3n) is 3.03. The summed E-state index contributed by atoms with van der Waals surface area (Å²) in [6.07, 6.45) is -2.15. The minimum absolute atomic E-state index is 0.127. The zero-order valence-corrected chi connectivity index (χ0v) is 8.55. The Morgan fingerprint density at radius 2 is 2.12 bits per heavy atom. The fourth-order valence-electron chi connectivity index (χ4n) is 1.99. The summed E-state index contributed by atoms with van der Waals surface area (Å²) in [5.41, 5.74) is 2.93. The van der Waals surface area contributed by atoms with Crippen molar-refractivity contribution in [1.29, 1.82) is 0 Å². The smallest absolute Gasteiger partial charge is 0.282 e. The van der Waals surface area contributed by atoms with Gasteiger partial charge in [-0.15, -0.1) is 0 Å². The van der Waals surface area contributed by atoms with Crippen molar-refractivity contribution in [3.63, 3.8) is 0 Å². The number of nitrogens with zero attached hydrogens (tertiary/aromatic N) is 2. The average molecular weight is 237 g/mol. The molecular weight excluding hydrogens is 226 g/mol. The molecule has 2 N–H and O–H groups in total. The highest BCUT2D eigenvalue weighted by Gasteiger charge is 2.72. The van der Waals surface area contributed by atoms with Gasteiger partial charge in [0.2, 0.25) is 0 Å². The van der Waals surface area contributed by atoms with Gasteiger partial charge < -0.3 is 5.73 Å². The Morgan fingerprint density at radius 3 is 2.50 bits per heavy atom. The van der Waals surface area contributed by atoms with E-state index in [0.717, 1.165) is 4.68 Å². The lowest BCUT2D eigenvalue weighted by Crippen LogP contribution is -2.27. The number of alkyl halides is 4. The van der Waals surface area contributed by atoms with Crippen molar-refractivity contribution >= 4 is 0 Å². The SMILES string of the molecule is Cn1cc(C2(CN)CC2(F)F)c(C(F)F)n1. The second-order valence-electron chi connectivity index (χ2n) is 4.07. The predicted molar refractivity (Wildman–Crippen MR) is 48.5 cm³/mol. The first-order valence-electron chi connectivity index (χ1n) is 4.74. The molecule has 90 valence electrons. The molecular formula is C9H11F4N3. The summed E-state index contributed by atoms with van der Waals surface area (Å²) in [6, 6.07) is 0. The fourth-order valence-corrected chi connectivity index (χ4v) is 1.99. The fraction of sp³-hybridized carbons (Fsp3) is 0.667. The van der Waals surface area contributed by atoms with Gasteiger partial charge in [0.05, 0.1) is 5.41 Å². The molecule has 0 amide bonds. The van der Waals surface area contributed by atoms with Crippen molar-refractivity contribution in [3.8, 4) is 0 Å². The molecule has 0 bridgehead atoms. The van der Waals surface area contributed by atoms with Crippen LogP contribution in [0.2, 0.25) is 0 Å². The van der Waals surface area contributed by atoms with Gasteiger partial charge in [0.1, 0.15) is 5.69 Å². The monoisotopic (exact) mass is 237 g/mol. The molecule has 2 rings (SSSR count). The van der Waals surface area contributed by atoms with Gasteiger partial charge in [0, 0.05) is 31.8 Å². The Kier molecular flexibility index (Phi) is 2.27. The molecule has 16 heavy (non-hydrogen) atoms. The minimum Gasteiger partial charge on any atom is -0.329 e. The number of nitrogens with two attached hydrogens (primary N) is 1. The van der Waals surface area contributed by atoms with Crippen LogP contribution in [-0.2, 0) is 12.5 Å². The summed E-state index contributed by atoms with van der Waals surface area (Å²) in [6.45, 7) is -0.356. The van der Waals surface area contributed by atoms with Gasteiger partial charge in [-0.25, -0.2) is 17.6 Å². The van der Waals surface area contributed by atoms with Crippen LogP contribution >= 0.6 is 0 Å². The molecule has 1 saturated carbocycles. The Morgan fingerprint density at radius 1 is 1.56 bits per heavy atom. The largest absolute Gasteiger partial charge is 0.329 e. The van der Waals surface area contributed by atoms with Gasteiger partial charge in [0.25, 0.3) is 12.3 Å². The molecule has 1 heterocycles. The maximum absolute atomic E-state index is 13.2. The van der Waals surface area contributed by atoms with E-state index in [9.17, 15) is 17.6 Å². The number of rotatable bonds is 3. The third-order valence-corrected chi connectivity index (χ3v) is 3.03. The molecule has 1 aromatic rings. The normalized spacial score (nSPS) is 27.4. The number of aromatic nitrogens is 2. The molecule has 3 nitrogen and oxygen atoms in total. The van der Waals surface area contributed by atoms with Crippen molar-refractivity contribution in [2.45, 2.75) is 24.2 Å². The van der Waals surface area contributed by atoms with Crippen LogP contribution in [0.1, 0.15) is 24.1 Å². The molecule has 0 radical (unpaired) electrons. The quantitative estimate of drug-likeness (QED) is 0.811. The lowest BCUT2D eigenvalue weighted by molar-refractivity contribution is 0.0874. The van der Waals surface area contributed by atoms with Crippen LogP contribution in [0.5, 0.6) is 0 Å². The molecule has 1 aliphatic carbocycles. The van der Waals surface area contributed by atoms with E-state index in [1.807, 2.05) is 0 Å². The maximum atomic E-state index is 13.2. The van der Waals surface area contributed by atoms with Gasteiger partial charge in [-0.05, 0) is 0 Å². The van der Waals surface area contributed by atoms with E-state index in [0.29, 0.717) is 0 Å². The molecule has 0 spiro atoms. The first-order valence-corrected chi connectivity index (χ1v) is 4.74. The van der Waals surface area contributed by atoms with E-state index < -0.39 is 29.9 Å². The molecule has 0 saturated heterocycles. The Balaban J connectivity index is 2.48. The van der Waals surface area contributed by atoms with Gasteiger partial charge in [-0.3, -0.25) is 4.68 Å². The van der Waals surface area contributed by atoms with Crippen molar-refractivity contribution in [1.82, 2.24) is 9.78 Å². The molecule has 0 aromatic carbocycles. The lowest BCUT2D eigenvalue weighted by Gasteiger charge is -2.13. The number of halogens is 4. The van der Waals surface area contributed by atoms with Crippen molar-refractivity contribution in [3.05, 3.63) is 17.5 Å². The van der Waals surface area contributed by atoms with Crippen LogP contribution in [0.3, 0.4) is 0 Å². The number of aryl methyl sites for hydroxylation is 1. The molecule has 0 aliphatic heterocycles. The molecule has 1 unspecified atom stereocenters. The Bertz CT molecular complexity index is 415. The summed E-state index contributed by atoms with van der Waals surface area (Å²) in [5, 5.41) is 3.51. The lowest BCUT2D eigenvalue weighted by atomic mass is 9.96. The second-order valence-corrected chi connectivity index (χ2v) is 4.07. The van der Waals surface area contributed by atoms with E-state index in [-0.39, 0.29) is 12.1 Å². The van der Waals surface area contributed by atoms with Gasteiger partial charge in [0.15, 0.2) is 0 Å². The topological polar surface area (TPSA) is 43.8 Å². The van der Waals surface area contributed by atoms with Crippen molar-refractivity contribution in [2.75, 3.05) is 6.54 Å². The molecule has 1 aromatic heterocycles. The van der Waals surface area contributed by atoms with E-state index in [1.165, 1.54) is 13.2 Å². The van der Waals surface area contributed by atoms with Crippen molar-refractivity contribution < 1.29 is 17.6 Å². The van der Waals surface area contributed by atoms with Crippen LogP contribution in [0.25, 0.3) is 0 Å². The maximum Gasteiger partial charge on any atom is 0.282 e. The molecule has 1 atom stereocenters. The summed E-state index contributed by atoms with van der Waals surface area (Å²) >= 11 is 0. The van der Waals surface area contributed by atoms with E-state index >= 15 is 0 Å². The van der Waals surface area contributed by atoms with Crippen LogP contribution in [0.4, 0.5) is 17.6 Å². The summed E-state index contributed by atoms with van der Waals surface area (Å²) in [5.74, 6) is -3.01. The molecule has 7 heteroatoms. The van der Waals surface area contributed by atoms with Crippen molar-refractivity contribution in [2.24, 2.45) is 12.8 Å². The van der Waals surface area contributed by atoms with E-state index in [1.54, 1.807) is 0 Å². The Hall–Kier alpha value is -1.11. The van der Waals surface area contributed by atoms with Gasteiger partial charge >= 0.3 is 0 Å². The van der Waals surface area contributed by atoms with Gasteiger partial charge in [-0.1, -0.05) is 0 Å². The predicted octanol–water partition coefficient (Wildman–Crippen LogP) is 1.59. The summed E-state index contributed by atoms with van der Waals surface area (Å²) in [4.78, 5) is 0. The zero-order chi connectivity index (χ0) is 12.1. The molecule has 1 aliphatic rings. The van der Waals surface area contributed by atoms with Gasteiger partial charge in [-0.2, -0.15) is 5.10 Å². The Labute approximate surface area is 89.2 Å². The van der Waals surface area contributed by atoms with Crippen LogP contribution < -0.4 is 5.73 Å². The average Bonchev–Trinajstić information content (AvgIpc) is 2.54. The van der Waals surface area contributed by atoms with Crippen LogP contribution in [-0.4, -0.2) is 22.2 Å². The number of hydrogen-bond acceptors (Lipinski definition) is 2. The first-order chi connectivity index (χ1) is 7.34. The van der Waals surface area contributed by atoms with Crippen LogP contribution in [0, 0.1) is 0 Å². The second kappa shape index (κ2) is 3.19. The first kappa shape index (κ1) is 11.4. The highest BCUT2D eigenvalue weighted by molar-refractivity contribution is 5.40. The number of hydrogen-bond donors (Lipinski definition) is 1. The highest BCUT2D eigenvalue weighted by atomic mass is 19.3. The van der Waals surface area contributed by atoms with Crippen LogP contribution in [0.15, 0.2) is 6.20 Å². The summed E-state index contributed by atoms with van der Waals surface area (Å²) < 4.78 is 52.8. The molecule has 1 fully saturated rings. The minimum atomic E-state index is -3.01. The standard InChI is InChI=1S/C9H11F4N3/c1-16-2-5(6(15-16)7(10)11)8(4-14)3-9(8,12)13/h2,7H,3-4,14H2,1H3.